The number of hydrogen-bond donors (Lipinski definition) is 0. The molecule has 0 radical (unpaired) electrons. The van der Waals surface area contributed by atoms with Crippen molar-refractivity contribution in [1.82, 2.24) is 0 Å². The van der Waals surface area contributed by atoms with Gasteiger partial charge >= 0.3 is 0 Å². The lowest BCUT2D eigenvalue weighted by Gasteiger charge is -2.01. The number of ether oxygens (including phenoxy) is 1. The number of halogens is 1. The molecule has 0 atom stereocenters. The predicted octanol–water partition coefficient (Wildman–Crippen LogP) is 2.00. The van der Waals surface area contributed by atoms with E-state index in [1.54, 1.807) is 24.3 Å². The lowest BCUT2D eigenvalue weighted by molar-refractivity contribution is 0.273. The van der Waals surface area contributed by atoms with Gasteiger partial charge in [-0.3, -0.25) is 0 Å². The second kappa shape index (κ2) is 5.06. The number of benzene rings is 1. The molecule has 0 unspecified atom stereocenters. The molecule has 0 aliphatic carbocycles. The highest BCUT2D eigenvalue weighted by Gasteiger charge is 1.93. The van der Waals surface area contributed by atoms with Crippen LogP contribution in [0.3, 0.4) is 0 Å². The van der Waals surface area contributed by atoms with E-state index in [9.17, 15) is 9.18 Å². The Hall–Kier alpha value is -1.67. The standard InChI is InChI=1S/C9H8FNO2/c10-5-6-13-9-3-1-8(2-4-9)11-7-12/h1-4H,5-6H2. The van der Waals surface area contributed by atoms with E-state index in [1.807, 2.05) is 0 Å². The molecule has 1 rings (SSSR count). The molecule has 0 saturated heterocycles. The topological polar surface area (TPSA) is 38.7 Å². The summed E-state index contributed by atoms with van der Waals surface area (Å²) in [6.45, 7) is -0.482. The average Bonchev–Trinajstić information content (AvgIpc) is 2.17. The predicted molar refractivity (Wildman–Crippen MR) is 45.7 cm³/mol. The molecule has 3 nitrogen and oxygen atoms in total. The molecule has 68 valence electrons. The lowest BCUT2D eigenvalue weighted by atomic mass is 10.3. The van der Waals surface area contributed by atoms with Crippen LogP contribution in [0, 0.1) is 0 Å². The molecule has 0 saturated carbocycles. The van der Waals surface area contributed by atoms with Gasteiger partial charge in [-0.05, 0) is 24.3 Å². The minimum atomic E-state index is -0.520. The van der Waals surface area contributed by atoms with Crippen molar-refractivity contribution in [3.63, 3.8) is 0 Å². The van der Waals surface area contributed by atoms with Gasteiger partial charge in [0, 0.05) is 0 Å². The van der Waals surface area contributed by atoms with E-state index in [2.05, 4.69) is 4.99 Å². The number of isocyanates is 1. The number of hydrogen-bond acceptors (Lipinski definition) is 3. The molecule has 0 fully saturated rings. The first-order valence-electron chi connectivity index (χ1n) is 3.73. The maximum atomic E-state index is 11.7. The summed E-state index contributed by atoms with van der Waals surface area (Å²) in [6, 6.07) is 6.43. The van der Waals surface area contributed by atoms with Gasteiger partial charge < -0.3 is 4.74 Å². The third-order valence-corrected chi connectivity index (χ3v) is 1.36. The molecule has 0 aliphatic rings. The maximum Gasteiger partial charge on any atom is 0.240 e. The van der Waals surface area contributed by atoms with E-state index in [0.717, 1.165) is 0 Å². The van der Waals surface area contributed by atoms with Crippen LogP contribution in [0.4, 0.5) is 10.1 Å². The van der Waals surface area contributed by atoms with E-state index < -0.39 is 6.67 Å². The van der Waals surface area contributed by atoms with E-state index in [4.69, 9.17) is 4.74 Å². The summed E-state index contributed by atoms with van der Waals surface area (Å²) in [5.74, 6) is 0.558. The number of alkyl halides is 1. The zero-order chi connectivity index (χ0) is 9.52. The highest BCUT2D eigenvalue weighted by Crippen LogP contribution is 2.17. The largest absolute Gasteiger partial charge is 0.491 e. The van der Waals surface area contributed by atoms with Crippen molar-refractivity contribution < 1.29 is 13.9 Å². The normalized spacial score (nSPS) is 9.00. The van der Waals surface area contributed by atoms with Crippen LogP contribution < -0.4 is 4.74 Å². The van der Waals surface area contributed by atoms with Crippen molar-refractivity contribution in [2.24, 2.45) is 4.99 Å². The molecule has 0 bridgehead atoms. The fourth-order valence-electron chi connectivity index (χ4n) is 0.826. The third kappa shape index (κ3) is 3.05. The summed E-state index contributed by atoms with van der Waals surface area (Å²) in [6.07, 6.45) is 1.42. The van der Waals surface area contributed by atoms with Crippen molar-refractivity contribution in [1.29, 1.82) is 0 Å². The molecule has 0 aliphatic heterocycles. The number of carbonyl (C=O) groups excluding carboxylic acids is 1. The van der Waals surface area contributed by atoms with Gasteiger partial charge in [0.25, 0.3) is 0 Å². The first-order valence-corrected chi connectivity index (χ1v) is 3.73. The summed E-state index contributed by atoms with van der Waals surface area (Å²) in [5, 5.41) is 0. The van der Waals surface area contributed by atoms with Crippen molar-refractivity contribution in [2.45, 2.75) is 0 Å². The van der Waals surface area contributed by atoms with Gasteiger partial charge in [-0.25, -0.2) is 9.18 Å². The van der Waals surface area contributed by atoms with Crippen molar-refractivity contribution in [3.8, 4) is 5.75 Å². The molecule has 0 N–H and O–H groups in total. The molecule has 1 aromatic rings. The Morgan fingerprint density at radius 1 is 1.38 bits per heavy atom. The molecule has 13 heavy (non-hydrogen) atoms. The van der Waals surface area contributed by atoms with Crippen LogP contribution in [0.15, 0.2) is 29.3 Å². The van der Waals surface area contributed by atoms with Crippen molar-refractivity contribution in [2.75, 3.05) is 13.3 Å². The molecular formula is C9H8FNO2. The van der Waals surface area contributed by atoms with Crippen molar-refractivity contribution in [3.05, 3.63) is 24.3 Å². The molecule has 0 aromatic heterocycles. The molecule has 0 amide bonds. The second-order valence-corrected chi connectivity index (χ2v) is 2.23. The van der Waals surface area contributed by atoms with E-state index in [-0.39, 0.29) is 6.61 Å². The summed E-state index contributed by atoms with van der Waals surface area (Å²) < 4.78 is 16.7. The molecule has 4 heteroatoms. The highest BCUT2D eigenvalue weighted by atomic mass is 19.1. The fourth-order valence-corrected chi connectivity index (χ4v) is 0.826. The monoisotopic (exact) mass is 181 g/mol. The molecule has 0 heterocycles. The van der Waals surface area contributed by atoms with Gasteiger partial charge in [-0.2, -0.15) is 4.99 Å². The van der Waals surface area contributed by atoms with Gasteiger partial charge in [-0.15, -0.1) is 0 Å². The Balaban J connectivity index is 2.63. The minimum absolute atomic E-state index is 0.0380. The van der Waals surface area contributed by atoms with E-state index in [0.29, 0.717) is 11.4 Å². The molecule has 1 aromatic carbocycles. The van der Waals surface area contributed by atoms with Gasteiger partial charge in [-0.1, -0.05) is 0 Å². The summed E-state index contributed by atoms with van der Waals surface area (Å²) in [7, 11) is 0. The lowest BCUT2D eigenvalue weighted by Crippen LogP contribution is -1.97. The van der Waals surface area contributed by atoms with Crippen LogP contribution in [-0.4, -0.2) is 19.4 Å². The van der Waals surface area contributed by atoms with Crippen LogP contribution in [0.2, 0.25) is 0 Å². The Kier molecular flexibility index (Phi) is 3.67. The summed E-state index contributed by atoms with van der Waals surface area (Å²) >= 11 is 0. The number of rotatable bonds is 4. The second-order valence-electron chi connectivity index (χ2n) is 2.23. The van der Waals surface area contributed by atoms with Crippen LogP contribution in [0.25, 0.3) is 0 Å². The van der Waals surface area contributed by atoms with Crippen LogP contribution in [0.1, 0.15) is 0 Å². The Labute approximate surface area is 74.9 Å². The minimum Gasteiger partial charge on any atom is -0.491 e. The number of nitrogens with zero attached hydrogens (tertiary/aromatic N) is 1. The van der Waals surface area contributed by atoms with Gasteiger partial charge in [0.1, 0.15) is 19.0 Å². The maximum absolute atomic E-state index is 11.7. The Bertz CT molecular complexity index is 304. The molecule has 0 spiro atoms. The van der Waals surface area contributed by atoms with Crippen LogP contribution in [0.5, 0.6) is 5.75 Å². The summed E-state index contributed by atoms with van der Waals surface area (Å²) in [5.41, 5.74) is 0.502. The van der Waals surface area contributed by atoms with Crippen LogP contribution in [-0.2, 0) is 4.79 Å². The van der Waals surface area contributed by atoms with Gasteiger partial charge in [0.05, 0.1) is 5.69 Å². The Morgan fingerprint density at radius 2 is 2.08 bits per heavy atom. The highest BCUT2D eigenvalue weighted by molar-refractivity contribution is 5.49. The van der Waals surface area contributed by atoms with Crippen molar-refractivity contribution >= 4 is 11.8 Å². The summed E-state index contributed by atoms with van der Waals surface area (Å²) in [4.78, 5) is 13.3. The van der Waals surface area contributed by atoms with Gasteiger partial charge in [0.2, 0.25) is 6.08 Å². The third-order valence-electron chi connectivity index (χ3n) is 1.36. The first kappa shape index (κ1) is 9.42. The smallest absolute Gasteiger partial charge is 0.240 e. The average molecular weight is 181 g/mol. The quantitative estimate of drug-likeness (QED) is 0.526. The van der Waals surface area contributed by atoms with Gasteiger partial charge in [0.15, 0.2) is 0 Å². The van der Waals surface area contributed by atoms with E-state index in [1.165, 1.54) is 6.08 Å². The Morgan fingerprint density at radius 3 is 2.62 bits per heavy atom. The van der Waals surface area contributed by atoms with E-state index >= 15 is 0 Å². The first-order chi connectivity index (χ1) is 6.36. The SMILES string of the molecule is O=C=Nc1ccc(OCCF)cc1. The van der Waals surface area contributed by atoms with Crippen LogP contribution >= 0.6 is 0 Å². The zero-order valence-corrected chi connectivity index (χ0v) is 6.87. The molecular weight excluding hydrogens is 173 g/mol. The zero-order valence-electron chi connectivity index (χ0n) is 6.87. The fraction of sp³-hybridized carbons (Fsp3) is 0.222. The number of aliphatic imine (C=N–C) groups is 1.